The van der Waals surface area contributed by atoms with Crippen LogP contribution in [0, 0.1) is 0 Å². The summed E-state index contributed by atoms with van der Waals surface area (Å²) in [5.74, 6) is 0.638. The number of hydrogen-bond acceptors (Lipinski definition) is 9. The summed E-state index contributed by atoms with van der Waals surface area (Å²) in [5.41, 5.74) is 8.14. The lowest BCUT2D eigenvalue weighted by Gasteiger charge is -2.34. The summed E-state index contributed by atoms with van der Waals surface area (Å²) in [7, 11) is -3.49. The van der Waals surface area contributed by atoms with Gasteiger partial charge in [-0.05, 0) is 63.1 Å². The Morgan fingerprint density at radius 1 is 0.595 bits per heavy atom. The summed E-state index contributed by atoms with van der Waals surface area (Å²) in [6, 6.07) is 2.18. The van der Waals surface area contributed by atoms with Crippen molar-refractivity contribution in [3.05, 3.63) is 10.4 Å². The first-order valence-electron chi connectivity index (χ1n) is 15.7. The second-order valence-electron chi connectivity index (χ2n) is 11.6. The van der Waals surface area contributed by atoms with Gasteiger partial charge in [-0.3, -0.25) is 9.59 Å². The number of rotatable bonds is 32. The minimum atomic E-state index is -1.76. The van der Waals surface area contributed by atoms with E-state index in [1.165, 1.54) is 0 Å². The average Bonchev–Trinajstić information content (AvgIpc) is 2.92. The van der Waals surface area contributed by atoms with Crippen LogP contribution in [0.4, 0.5) is 0 Å². The highest BCUT2D eigenvalue weighted by Gasteiger charge is 2.32. The van der Waals surface area contributed by atoms with Crippen molar-refractivity contribution in [1.29, 1.82) is 0 Å². The molecule has 0 heterocycles. The number of azide groups is 1. The minimum absolute atomic E-state index is 0.249. The number of Topliss-reactive ketones (excluding diaryl/α,β-unsaturated/α-hetero) is 2. The molecule has 0 bridgehead atoms. The van der Waals surface area contributed by atoms with Crippen LogP contribution in [-0.2, 0) is 37.4 Å². The summed E-state index contributed by atoms with van der Waals surface area (Å²) < 4.78 is 33.7. The van der Waals surface area contributed by atoms with Crippen LogP contribution in [0.3, 0.4) is 0 Å². The first-order chi connectivity index (χ1) is 20.1. The van der Waals surface area contributed by atoms with E-state index in [0.717, 1.165) is 44.2 Å². The van der Waals surface area contributed by atoms with Gasteiger partial charge in [-0.15, -0.1) is 0 Å². The van der Waals surface area contributed by atoms with Crippen LogP contribution in [0.25, 0.3) is 10.4 Å². The number of ketones is 2. The maximum absolute atomic E-state index is 12.2. The molecule has 0 spiro atoms. The van der Waals surface area contributed by atoms with Crippen molar-refractivity contribution in [3.8, 4) is 0 Å². The Morgan fingerprint density at radius 3 is 1.43 bits per heavy atom. The van der Waals surface area contributed by atoms with Crippen molar-refractivity contribution in [2.24, 2.45) is 5.11 Å². The van der Waals surface area contributed by atoms with Crippen LogP contribution < -0.4 is 0 Å². The molecule has 0 N–H and O–H groups in total. The van der Waals surface area contributed by atoms with Gasteiger partial charge in [0.05, 0.1) is 66.1 Å². The number of nitrogens with zero attached hydrogens (tertiary/aromatic N) is 3. The molecule has 0 radical (unpaired) electrons. The molecule has 0 fully saturated rings. The van der Waals surface area contributed by atoms with Crippen LogP contribution in [0.1, 0.15) is 64.7 Å². The zero-order valence-corrected chi connectivity index (χ0v) is 29.2. The van der Waals surface area contributed by atoms with E-state index in [1.807, 2.05) is 0 Å². The predicted octanol–water partition coefficient (Wildman–Crippen LogP) is 6.48. The van der Waals surface area contributed by atoms with E-state index in [2.05, 4.69) is 43.1 Å². The molecule has 0 aliphatic rings. The molecular weight excluding hydrogens is 575 g/mol. The lowest BCUT2D eigenvalue weighted by molar-refractivity contribution is -0.120. The number of ether oxygens (including phenoxy) is 5. The van der Waals surface area contributed by atoms with Crippen LogP contribution in [0.15, 0.2) is 5.11 Å². The highest BCUT2D eigenvalue weighted by molar-refractivity contribution is 6.84. The third kappa shape index (κ3) is 28.9. The van der Waals surface area contributed by atoms with Gasteiger partial charge in [-0.2, -0.15) is 0 Å². The second kappa shape index (κ2) is 27.4. The fourth-order valence-electron chi connectivity index (χ4n) is 4.44. The van der Waals surface area contributed by atoms with E-state index in [9.17, 15) is 9.59 Å². The van der Waals surface area contributed by atoms with Gasteiger partial charge >= 0.3 is 0 Å². The Hall–Kier alpha value is -1.16. The molecule has 0 aromatic rings. The fraction of sp³-hybridized carbons (Fsp3) is 0.931. The average molecular weight is 634 g/mol. The molecule has 13 heteroatoms. The molecule has 0 aliphatic heterocycles. The molecule has 0 saturated heterocycles. The topological polar surface area (TPSA) is 138 Å². The van der Waals surface area contributed by atoms with Crippen molar-refractivity contribution < 1.29 is 37.4 Å². The standard InChI is InChI=1S/C29H59N3O8Si2/c1-6-11-28(33)12-7-9-26-41(2,3)40-42(4,5)27-10-8-13-29(34)14-16-35-18-20-37-22-24-39-25-23-38-21-19-36-17-15-31-32-30/h6-27H2,1-5H3. The van der Waals surface area contributed by atoms with Crippen molar-refractivity contribution in [1.82, 2.24) is 0 Å². The van der Waals surface area contributed by atoms with Crippen LogP contribution >= 0.6 is 0 Å². The van der Waals surface area contributed by atoms with Gasteiger partial charge in [0.1, 0.15) is 11.6 Å². The van der Waals surface area contributed by atoms with Crippen LogP contribution in [-0.4, -0.2) is 101 Å². The Morgan fingerprint density at radius 2 is 1.00 bits per heavy atom. The van der Waals surface area contributed by atoms with Gasteiger partial charge in [0.2, 0.25) is 0 Å². The molecule has 0 amide bonds. The monoisotopic (exact) mass is 633 g/mol. The number of carbonyl (C=O) groups excluding carboxylic acids is 2. The SMILES string of the molecule is CCCC(=O)CCCC[Si](C)(C)O[Si](C)(C)CCCCC(=O)CCOCCOCCOCCOCCOCCN=[N+]=[N-]. The number of carbonyl (C=O) groups is 2. The number of hydrogen-bond donors (Lipinski definition) is 0. The van der Waals surface area contributed by atoms with E-state index in [4.69, 9.17) is 33.3 Å². The summed E-state index contributed by atoms with van der Waals surface area (Å²) in [4.78, 5) is 26.6. The summed E-state index contributed by atoms with van der Waals surface area (Å²) in [5, 5.41) is 3.38. The smallest absolute Gasteiger partial charge is 0.173 e. The van der Waals surface area contributed by atoms with Gasteiger partial charge in [-0.1, -0.05) is 24.9 Å². The van der Waals surface area contributed by atoms with Crippen LogP contribution in [0.5, 0.6) is 0 Å². The normalized spacial score (nSPS) is 11.9. The Bertz CT molecular complexity index is 738. The molecule has 0 aliphatic carbocycles. The summed E-state index contributed by atoms with van der Waals surface area (Å²) >= 11 is 0. The highest BCUT2D eigenvalue weighted by atomic mass is 28.4. The quantitative estimate of drug-likeness (QED) is 0.0270. The van der Waals surface area contributed by atoms with Crippen molar-refractivity contribution in [3.63, 3.8) is 0 Å². The molecular formula is C29H59N3O8Si2. The maximum atomic E-state index is 12.2. The molecule has 0 aromatic heterocycles. The van der Waals surface area contributed by atoms with E-state index in [1.54, 1.807) is 0 Å². The van der Waals surface area contributed by atoms with Gasteiger partial charge in [0.25, 0.3) is 0 Å². The van der Waals surface area contributed by atoms with Crippen molar-refractivity contribution >= 4 is 28.2 Å². The van der Waals surface area contributed by atoms with Crippen LogP contribution in [0.2, 0.25) is 38.3 Å². The molecule has 0 unspecified atom stereocenters. The van der Waals surface area contributed by atoms with E-state index < -0.39 is 16.6 Å². The largest absolute Gasteiger partial charge is 0.455 e. The molecule has 0 aromatic carbocycles. The zero-order chi connectivity index (χ0) is 31.4. The number of unbranched alkanes of at least 4 members (excludes halogenated alkanes) is 2. The zero-order valence-electron chi connectivity index (χ0n) is 27.2. The van der Waals surface area contributed by atoms with Gasteiger partial charge in [0, 0.05) is 37.1 Å². The fourth-order valence-corrected chi connectivity index (χ4v) is 13.4. The molecule has 0 saturated carbocycles. The van der Waals surface area contributed by atoms with E-state index >= 15 is 0 Å². The first-order valence-corrected chi connectivity index (χ1v) is 22.0. The van der Waals surface area contributed by atoms with E-state index in [-0.39, 0.29) is 5.78 Å². The molecule has 42 heavy (non-hydrogen) atoms. The van der Waals surface area contributed by atoms with Gasteiger partial charge < -0.3 is 27.8 Å². The lowest BCUT2D eigenvalue weighted by Crippen LogP contribution is -2.44. The highest BCUT2D eigenvalue weighted by Crippen LogP contribution is 2.25. The van der Waals surface area contributed by atoms with Gasteiger partial charge in [-0.25, -0.2) is 0 Å². The third-order valence-electron chi connectivity index (χ3n) is 6.46. The molecule has 0 atom stereocenters. The maximum Gasteiger partial charge on any atom is 0.173 e. The molecule has 11 nitrogen and oxygen atoms in total. The predicted molar refractivity (Wildman–Crippen MR) is 171 cm³/mol. The summed E-state index contributed by atoms with van der Waals surface area (Å²) in [6.07, 6.45) is 7.39. The Labute approximate surface area is 256 Å². The minimum Gasteiger partial charge on any atom is -0.455 e. The Balaban J connectivity index is 3.59. The summed E-state index contributed by atoms with van der Waals surface area (Å²) in [6.45, 7) is 16.2. The van der Waals surface area contributed by atoms with Crippen molar-refractivity contribution in [2.45, 2.75) is 103 Å². The first kappa shape index (κ1) is 40.8. The Kier molecular flexibility index (Phi) is 26.6. The second-order valence-corrected chi connectivity index (χ2v) is 20.5. The lowest BCUT2D eigenvalue weighted by atomic mass is 10.1. The molecule has 0 rings (SSSR count). The van der Waals surface area contributed by atoms with Gasteiger partial charge in [0.15, 0.2) is 16.6 Å². The van der Waals surface area contributed by atoms with Crippen molar-refractivity contribution in [2.75, 3.05) is 72.6 Å². The molecule has 246 valence electrons. The van der Waals surface area contributed by atoms with E-state index in [0.29, 0.717) is 104 Å². The third-order valence-corrected chi connectivity index (χ3v) is 14.0.